The normalized spacial score (nSPS) is 24.3. The number of nitrogens with zero attached hydrogens (tertiary/aromatic N) is 1. The number of likely N-dealkylation sites (tertiary alicyclic amines) is 1. The van der Waals surface area contributed by atoms with Gasteiger partial charge in [-0.25, -0.2) is 0 Å². The van der Waals surface area contributed by atoms with Gasteiger partial charge in [-0.15, -0.1) is 12.4 Å². The van der Waals surface area contributed by atoms with Crippen molar-refractivity contribution in [1.82, 2.24) is 4.90 Å². The molecule has 1 amide bonds. The SMILES string of the molecule is Cl.NCC1CCN(C(=O)COCC2CC2)C1. The third-order valence-electron chi connectivity index (χ3n) is 3.25. The Kier molecular flexibility index (Phi) is 5.52. The standard InChI is InChI=1S/C11H20N2O2.ClH/c12-5-10-3-4-13(6-10)11(14)8-15-7-9-1-2-9;/h9-10H,1-8,12H2;1H. The zero-order valence-electron chi connectivity index (χ0n) is 9.56. The molecule has 1 heterocycles. The number of ether oxygens (including phenoxy) is 1. The van der Waals surface area contributed by atoms with Crippen molar-refractivity contribution in [1.29, 1.82) is 0 Å². The molecule has 4 nitrogen and oxygen atoms in total. The monoisotopic (exact) mass is 248 g/mol. The molecule has 94 valence electrons. The smallest absolute Gasteiger partial charge is 0.248 e. The number of rotatable bonds is 5. The van der Waals surface area contributed by atoms with E-state index in [1.54, 1.807) is 0 Å². The first-order valence-corrected chi connectivity index (χ1v) is 5.85. The first-order chi connectivity index (χ1) is 7.29. The van der Waals surface area contributed by atoms with Gasteiger partial charge in [-0.1, -0.05) is 0 Å². The number of halogens is 1. The molecule has 5 heteroatoms. The van der Waals surface area contributed by atoms with Gasteiger partial charge in [0.1, 0.15) is 6.61 Å². The quantitative estimate of drug-likeness (QED) is 0.777. The van der Waals surface area contributed by atoms with Crippen LogP contribution in [0.15, 0.2) is 0 Å². The van der Waals surface area contributed by atoms with E-state index in [0.29, 0.717) is 12.5 Å². The van der Waals surface area contributed by atoms with Crippen molar-refractivity contribution < 1.29 is 9.53 Å². The third kappa shape index (κ3) is 3.92. The van der Waals surface area contributed by atoms with Crippen molar-refractivity contribution in [3.63, 3.8) is 0 Å². The lowest BCUT2D eigenvalue weighted by atomic mass is 10.1. The van der Waals surface area contributed by atoms with E-state index in [2.05, 4.69) is 0 Å². The molecular weight excluding hydrogens is 228 g/mol. The van der Waals surface area contributed by atoms with E-state index in [1.807, 2.05) is 4.90 Å². The number of hydrogen-bond donors (Lipinski definition) is 1. The maximum atomic E-state index is 11.7. The van der Waals surface area contributed by atoms with Crippen molar-refractivity contribution >= 4 is 18.3 Å². The van der Waals surface area contributed by atoms with Gasteiger partial charge < -0.3 is 15.4 Å². The summed E-state index contributed by atoms with van der Waals surface area (Å²) >= 11 is 0. The van der Waals surface area contributed by atoms with Crippen LogP contribution >= 0.6 is 12.4 Å². The largest absolute Gasteiger partial charge is 0.371 e. The second kappa shape index (κ2) is 6.42. The van der Waals surface area contributed by atoms with E-state index >= 15 is 0 Å². The molecule has 0 bridgehead atoms. The molecule has 2 N–H and O–H groups in total. The van der Waals surface area contributed by atoms with Crippen molar-refractivity contribution in [2.24, 2.45) is 17.6 Å². The van der Waals surface area contributed by atoms with Gasteiger partial charge in [0.15, 0.2) is 0 Å². The van der Waals surface area contributed by atoms with E-state index in [9.17, 15) is 4.79 Å². The second-order valence-corrected chi connectivity index (χ2v) is 4.69. The van der Waals surface area contributed by atoms with Gasteiger partial charge in [0.05, 0.1) is 6.61 Å². The van der Waals surface area contributed by atoms with E-state index in [0.717, 1.165) is 32.0 Å². The fraction of sp³-hybridized carbons (Fsp3) is 0.909. The maximum absolute atomic E-state index is 11.7. The van der Waals surface area contributed by atoms with E-state index in [-0.39, 0.29) is 24.9 Å². The van der Waals surface area contributed by atoms with Crippen LogP contribution in [0.4, 0.5) is 0 Å². The molecule has 1 aliphatic carbocycles. The van der Waals surface area contributed by atoms with Crippen LogP contribution in [0.1, 0.15) is 19.3 Å². The van der Waals surface area contributed by atoms with Gasteiger partial charge in [-0.05, 0) is 37.6 Å². The van der Waals surface area contributed by atoms with E-state index in [4.69, 9.17) is 10.5 Å². The number of amides is 1. The van der Waals surface area contributed by atoms with Crippen LogP contribution in [0.5, 0.6) is 0 Å². The summed E-state index contributed by atoms with van der Waals surface area (Å²) in [5.41, 5.74) is 5.58. The van der Waals surface area contributed by atoms with Crippen molar-refractivity contribution in [2.45, 2.75) is 19.3 Å². The van der Waals surface area contributed by atoms with Gasteiger partial charge in [0, 0.05) is 13.1 Å². The molecule has 2 aliphatic rings. The van der Waals surface area contributed by atoms with Crippen molar-refractivity contribution in [2.75, 3.05) is 32.8 Å². The highest BCUT2D eigenvalue weighted by atomic mass is 35.5. The number of hydrogen-bond acceptors (Lipinski definition) is 3. The second-order valence-electron chi connectivity index (χ2n) is 4.69. The molecule has 0 aromatic heterocycles. The molecule has 1 atom stereocenters. The average molecular weight is 249 g/mol. The molecule has 2 fully saturated rings. The summed E-state index contributed by atoms with van der Waals surface area (Å²) in [6.07, 6.45) is 3.59. The lowest BCUT2D eigenvalue weighted by Crippen LogP contribution is -2.33. The topological polar surface area (TPSA) is 55.6 Å². The first-order valence-electron chi connectivity index (χ1n) is 5.85. The van der Waals surface area contributed by atoms with Crippen LogP contribution in [0.3, 0.4) is 0 Å². The molecule has 0 radical (unpaired) electrons. The number of carbonyl (C=O) groups is 1. The van der Waals surface area contributed by atoms with E-state index < -0.39 is 0 Å². The zero-order valence-corrected chi connectivity index (χ0v) is 10.4. The molecule has 1 saturated carbocycles. The molecule has 1 aliphatic heterocycles. The molecule has 2 rings (SSSR count). The van der Waals surface area contributed by atoms with Gasteiger partial charge in [-0.2, -0.15) is 0 Å². The van der Waals surface area contributed by atoms with Gasteiger partial charge in [0.2, 0.25) is 5.91 Å². The summed E-state index contributed by atoms with van der Waals surface area (Å²) in [5, 5.41) is 0. The predicted molar refractivity (Wildman–Crippen MR) is 64.5 cm³/mol. The Balaban J connectivity index is 0.00000128. The molecule has 0 aromatic rings. The molecule has 1 saturated heterocycles. The highest BCUT2D eigenvalue weighted by Gasteiger charge is 2.26. The lowest BCUT2D eigenvalue weighted by molar-refractivity contribution is -0.135. The highest BCUT2D eigenvalue weighted by Crippen LogP contribution is 2.28. The van der Waals surface area contributed by atoms with Crippen LogP contribution in [-0.4, -0.2) is 43.7 Å². The Morgan fingerprint density at radius 1 is 1.31 bits per heavy atom. The Bertz CT molecular complexity index is 234. The van der Waals surface area contributed by atoms with Crippen LogP contribution in [0.2, 0.25) is 0 Å². The highest BCUT2D eigenvalue weighted by molar-refractivity contribution is 5.85. The Hall–Kier alpha value is -0.320. The summed E-state index contributed by atoms with van der Waals surface area (Å²) in [5.74, 6) is 1.36. The molecular formula is C11H21ClN2O2. The summed E-state index contributed by atoms with van der Waals surface area (Å²) in [4.78, 5) is 13.5. The van der Waals surface area contributed by atoms with Crippen LogP contribution in [0, 0.1) is 11.8 Å². The van der Waals surface area contributed by atoms with Crippen molar-refractivity contribution in [3.05, 3.63) is 0 Å². The number of carbonyl (C=O) groups excluding carboxylic acids is 1. The fourth-order valence-corrected chi connectivity index (χ4v) is 1.94. The van der Waals surface area contributed by atoms with Crippen LogP contribution < -0.4 is 5.73 Å². The minimum Gasteiger partial charge on any atom is -0.371 e. The van der Waals surface area contributed by atoms with Gasteiger partial charge in [-0.3, -0.25) is 4.79 Å². The molecule has 16 heavy (non-hydrogen) atoms. The predicted octanol–water partition coefficient (Wildman–Crippen LogP) is 0.642. The zero-order chi connectivity index (χ0) is 10.7. The Labute approximate surface area is 103 Å². The number of nitrogens with two attached hydrogens (primary N) is 1. The maximum Gasteiger partial charge on any atom is 0.248 e. The summed E-state index contributed by atoms with van der Waals surface area (Å²) in [6.45, 7) is 3.38. The molecule has 1 unspecified atom stereocenters. The van der Waals surface area contributed by atoms with Crippen LogP contribution in [-0.2, 0) is 9.53 Å². The van der Waals surface area contributed by atoms with Crippen LogP contribution in [0.25, 0.3) is 0 Å². The minimum absolute atomic E-state index is 0. The van der Waals surface area contributed by atoms with E-state index in [1.165, 1.54) is 12.8 Å². The third-order valence-corrected chi connectivity index (χ3v) is 3.25. The summed E-state index contributed by atoms with van der Waals surface area (Å²) in [7, 11) is 0. The van der Waals surface area contributed by atoms with Crippen molar-refractivity contribution in [3.8, 4) is 0 Å². The van der Waals surface area contributed by atoms with Gasteiger partial charge >= 0.3 is 0 Å². The lowest BCUT2D eigenvalue weighted by Gasteiger charge is -2.16. The molecule has 0 aromatic carbocycles. The Morgan fingerprint density at radius 2 is 2.06 bits per heavy atom. The summed E-state index contributed by atoms with van der Waals surface area (Å²) < 4.78 is 5.38. The average Bonchev–Trinajstić information content (AvgIpc) is 2.94. The first kappa shape index (κ1) is 13.7. The van der Waals surface area contributed by atoms with Gasteiger partial charge in [0.25, 0.3) is 0 Å². The minimum atomic E-state index is 0. The fourth-order valence-electron chi connectivity index (χ4n) is 1.94. The Morgan fingerprint density at radius 3 is 2.62 bits per heavy atom. The molecule has 0 spiro atoms. The summed E-state index contributed by atoms with van der Waals surface area (Å²) in [6, 6.07) is 0.